The molecule has 1 heterocycles. The fraction of sp³-hybridized carbons (Fsp3) is 0.333. The fourth-order valence-electron chi connectivity index (χ4n) is 3.18. The summed E-state index contributed by atoms with van der Waals surface area (Å²) in [6.07, 6.45) is -3.94. The average Bonchev–Trinajstić information content (AvgIpc) is 2.90. The number of alkyl halides is 3. The Balaban J connectivity index is 1.91. The number of halogens is 3. The molecule has 32 heavy (non-hydrogen) atoms. The first-order valence-corrected chi connectivity index (χ1v) is 12.1. The maximum atomic E-state index is 13.3. The van der Waals surface area contributed by atoms with E-state index in [2.05, 4.69) is 4.72 Å². The number of nitrogens with one attached hydrogen (secondary N) is 1. The monoisotopic (exact) mass is 483 g/mol. The zero-order valence-corrected chi connectivity index (χ0v) is 18.6. The predicted octanol–water partition coefficient (Wildman–Crippen LogP) is 4.43. The van der Waals surface area contributed by atoms with E-state index in [1.165, 1.54) is 47.0 Å². The van der Waals surface area contributed by atoms with Crippen LogP contribution in [0.1, 0.15) is 35.7 Å². The van der Waals surface area contributed by atoms with Gasteiger partial charge in [0, 0.05) is 35.2 Å². The molecule has 1 unspecified atom stereocenters. The van der Waals surface area contributed by atoms with Crippen molar-refractivity contribution in [3.63, 3.8) is 0 Å². The number of carbonyl (C=O) groups excluding carboxylic acids is 1. The first-order valence-electron chi connectivity index (χ1n) is 9.69. The smallest absolute Gasteiger partial charge is 0.307 e. The second kappa shape index (κ2) is 9.52. The number of hydrogen-bond acceptors (Lipinski definition) is 5. The highest BCUT2D eigenvalue weighted by molar-refractivity contribution is 8.00. The number of amides is 1. The lowest BCUT2D eigenvalue weighted by Gasteiger charge is -2.24. The van der Waals surface area contributed by atoms with Crippen molar-refractivity contribution in [1.82, 2.24) is 4.72 Å². The van der Waals surface area contributed by atoms with Gasteiger partial charge in [0.2, 0.25) is 10.0 Å². The minimum Gasteiger partial charge on any atom is -0.307 e. The number of benzene rings is 2. The molecule has 0 radical (unpaired) electrons. The maximum Gasteiger partial charge on any atom is 0.416 e. The molecule has 0 aliphatic carbocycles. The van der Waals surface area contributed by atoms with Crippen molar-refractivity contribution in [2.75, 3.05) is 18.0 Å². The summed E-state index contributed by atoms with van der Waals surface area (Å²) in [5.41, 5.74) is -0.493. The SMILES string of the molecule is CC1CCN(C(=O)c2ccc(S(=O)(=O)NCCC#N)cc2)c2cc(C(F)(F)F)ccc2S1. The Morgan fingerprint density at radius 2 is 1.94 bits per heavy atom. The van der Waals surface area contributed by atoms with Crippen LogP contribution in [0.5, 0.6) is 0 Å². The molecule has 2 aromatic rings. The molecule has 3 rings (SSSR count). The van der Waals surface area contributed by atoms with Crippen LogP contribution in [0.3, 0.4) is 0 Å². The fourth-order valence-corrected chi connectivity index (χ4v) is 5.30. The van der Waals surface area contributed by atoms with Gasteiger partial charge in [0.15, 0.2) is 0 Å². The number of anilines is 1. The van der Waals surface area contributed by atoms with E-state index in [0.717, 1.165) is 12.1 Å². The predicted molar refractivity (Wildman–Crippen MR) is 115 cm³/mol. The summed E-state index contributed by atoms with van der Waals surface area (Å²) < 4.78 is 66.6. The van der Waals surface area contributed by atoms with Gasteiger partial charge < -0.3 is 4.90 Å². The minimum absolute atomic E-state index is 0.0144. The van der Waals surface area contributed by atoms with Crippen LogP contribution < -0.4 is 9.62 Å². The lowest BCUT2D eigenvalue weighted by molar-refractivity contribution is -0.137. The number of nitrogens with zero attached hydrogens (tertiary/aromatic N) is 2. The van der Waals surface area contributed by atoms with Gasteiger partial charge in [-0.1, -0.05) is 6.92 Å². The zero-order valence-electron chi connectivity index (χ0n) is 17.0. The summed E-state index contributed by atoms with van der Waals surface area (Å²) in [7, 11) is -3.84. The van der Waals surface area contributed by atoms with Crippen molar-refractivity contribution in [2.45, 2.75) is 41.0 Å². The molecule has 0 spiro atoms. The minimum atomic E-state index is -4.54. The second-order valence-corrected chi connectivity index (χ2v) is 10.4. The van der Waals surface area contributed by atoms with Gasteiger partial charge in [0.25, 0.3) is 5.91 Å². The Labute approximate surface area is 188 Å². The molecule has 1 aliphatic rings. The molecule has 0 saturated heterocycles. The maximum absolute atomic E-state index is 13.3. The Kier molecular flexibility index (Phi) is 7.17. The normalized spacial score (nSPS) is 16.7. The van der Waals surface area contributed by atoms with Crippen molar-refractivity contribution in [3.05, 3.63) is 53.6 Å². The average molecular weight is 484 g/mol. The van der Waals surface area contributed by atoms with Crippen molar-refractivity contribution >= 4 is 33.4 Å². The first kappa shape index (κ1) is 24.1. The van der Waals surface area contributed by atoms with Crippen LogP contribution in [-0.4, -0.2) is 32.7 Å². The highest BCUT2D eigenvalue weighted by Crippen LogP contribution is 2.41. The van der Waals surface area contributed by atoms with E-state index in [4.69, 9.17) is 5.26 Å². The molecule has 2 aromatic carbocycles. The summed E-state index contributed by atoms with van der Waals surface area (Å²) in [6, 6.07) is 10.4. The van der Waals surface area contributed by atoms with Crippen molar-refractivity contribution in [2.24, 2.45) is 0 Å². The van der Waals surface area contributed by atoms with Crippen LogP contribution in [0.15, 0.2) is 52.3 Å². The Morgan fingerprint density at radius 3 is 2.56 bits per heavy atom. The van der Waals surface area contributed by atoms with E-state index < -0.39 is 27.7 Å². The van der Waals surface area contributed by atoms with E-state index in [-0.39, 0.29) is 40.9 Å². The molecular formula is C21H20F3N3O3S2. The third kappa shape index (κ3) is 5.43. The van der Waals surface area contributed by atoms with E-state index >= 15 is 0 Å². The summed E-state index contributed by atoms with van der Waals surface area (Å²) in [4.78, 5) is 15.0. The zero-order chi connectivity index (χ0) is 23.5. The number of nitriles is 1. The molecule has 0 aromatic heterocycles. The van der Waals surface area contributed by atoms with Crippen LogP contribution in [0.4, 0.5) is 18.9 Å². The number of sulfonamides is 1. The molecule has 1 amide bonds. The molecule has 0 bridgehead atoms. The molecule has 1 N–H and O–H groups in total. The topological polar surface area (TPSA) is 90.3 Å². The first-order chi connectivity index (χ1) is 15.0. The highest BCUT2D eigenvalue weighted by atomic mass is 32.2. The van der Waals surface area contributed by atoms with Crippen molar-refractivity contribution in [3.8, 4) is 6.07 Å². The third-order valence-electron chi connectivity index (χ3n) is 4.85. The van der Waals surface area contributed by atoms with Gasteiger partial charge >= 0.3 is 6.18 Å². The highest BCUT2D eigenvalue weighted by Gasteiger charge is 2.33. The number of rotatable bonds is 5. The van der Waals surface area contributed by atoms with E-state index in [1.807, 2.05) is 13.0 Å². The second-order valence-electron chi connectivity index (χ2n) is 7.18. The summed E-state index contributed by atoms with van der Waals surface area (Å²) >= 11 is 1.41. The van der Waals surface area contributed by atoms with E-state index in [9.17, 15) is 26.4 Å². The third-order valence-corrected chi connectivity index (χ3v) is 7.56. The van der Waals surface area contributed by atoms with Gasteiger partial charge in [0.1, 0.15) is 0 Å². The van der Waals surface area contributed by atoms with Crippen LogP contribution in [-0.2, 0) is 16.2 Å². The van der Waals surface area contributed by atoms with Gasteiger partial charge in [-0.3, -0.25) is 4.79 Å². The Morgan fingerprint density at radius 1 is 1.25 bits per heavy atom. The molecular weight excluding hydrogens is 463 g/mol. The number of carbonyl (C=O) groups is 1. The standard InChI is InChI=1S/C21H20F3N3O3S2/c1-14-9-12-27(18-13-16(21(22,23)24)5-8-19(18)31-14)20(28)15-3-6-17(7-4-15)32(29,30)26-11-2-10-25/h3-8,13-14,26H,2,9,11-12H2,1H3. The molecule has 6 nitrogen and oxygen atoms in total. The molecule has 1 atom stereocenters. The molecule has 0 saturated carbocycles. The van der Waals surface area contributed by atoms with Crippen molar-refractivity contribution < 1.29 is 26.4 Å². The van der Waals surface area contributed by atoms with Crippen LogP contribution in [0.25, 0.3) is 0 Å². The quantitative estimate of drug-likeness (QED) is 0.636. The van der Waals surface area contributed by atoms with Gasteiger partial charge in [0.05, 0.1) is 22.2 Å². The largest absolute Gasteiger partial charge is 0.416 e. The van der Waals surface area contributed by atoms with Gasteiger partial charge in [-0.2, -0.15) is 18.4 Å². The Bertz CT molecular complexity index is 1140. The molecule has 0 fully saturated rings. The van der Waals surface area contributed by atoms with E-state index in [0.29, 0.717) is 11.3 Å². The van der Waals surface area contributed by atoms with Crippen LogP contribution in [0.2, 0.25) is 0 Å². The van der Waals surface area contributed by atoms with Gasteiger partial charge in [-0.05, 0) is 48.9 Å². The summed E-state index contributed by atoms with van der Waals surface area (Å²) in [5, 5.41) is 8.64. The lowest BCUT2D eigenvalue weighted by Crippen LogP contribution is -2.32. The number of hydrogen-bond donors (Lipinski definition) is 1. The number of fused-ring (bicyclic) bond motifs is 1. The summed E-state index contributed by atoms with van der Waals surface area (Å²) in [5.74, 6) is -0.512. The van der Waals surface area contributed by atoms with Crippen LogP contribution in [0, 0.1) is 11.3 Å². The number of thioether (sulfide) groups is 1. The Hall–Kier alpha value is -2.55. The van der Waals surface area contributed by atoms with Crippen LogP contribution >= 0.6 is 11.8 Å². The molecule has 1 aliphatic heterocycles. The van der Waals surface area contributed by atoms with Gasteiger partial charge in [-0.15, -0.1) is 11.8 Å². The van der Waals surface area contributed by atoms with Gasteiger partial charge in [-0.25, -0.2) is 13.1 Å². The molecule has 11 heteroatoms. The summed E-state index contributed by atoms with van der Waals surface area (Å²) in [6.45, 7) is 2.14. The van der Waals surface area contributed by atoms with Crippen molar-refractivity contribution in [1.29, 1.82) is 5.26 Å². The molecule has 170 valence electrons. The lowest BCUT2D eigenvalue weighted by atomic mass is 10.1. The van der Waals surface area contributed by atoms with E-state index in [1.54, 1.807) is 0 Å².